The molecule has 0 bridgehead atoms. The van der Waals surface area contributed by atoms with Gasteiger partial charge in [0.2, 0.25) is 0 Å². The van der Waals surface area contributed by atoms with Crippen LogP contribution in [0.2, 0.25) is 0 Å². The van der Waals surface area contributed by atoms with Gasteiger partial charge in [0, 0.05) is 5.33 Å². The van der Waals surface area contributed by atoms with Crippen LogP contribution >= 0.6 is 15.9 Å². The first-order chi connectivity index (χ1) is 8.70. The van der Waals surface area contributed by atoms with Crippen molar-refractivity contribution < 1.29 is 21.6 Å². The maximum absolute atomic E-state index is 12.5. The zero-order valence-corrected chi connectivity index (χ0v) is 12.6. The van der Waals surface area contributed by atoms with E-state index in [0.29, 0.717) is 17.8 Å². The number of hydrogen-bond donors (Lipinski definition) is 0. The van der Waals surface area contributed by atoms with Gasteiger partial charge >= 0.3 is 6.18 Å². The summed E-state index contributed by atoms with van der Waals surface area (Å²) in [4.78, 5) is -0.276. The van der Waals surface area contributed by atoms with E-state index in [9.17, 15) is 21.6 Å². The Kier molecular flexibility index (Phi) is 5.43. The number of sulfone groups is 1. The number of hydrogen-bond acceptors (Lipinski definition) is 2. The second-order valence-electron chi connectivity index (χ2n) is 4.24. The molecule has 0 saturated heterocycles. The van der Waals surface area contributed by atoms with Crippen LogP contribution in [0, 0.1) is 5.92 Å². The van der Waals surface area contributed by atoms with Gasteiger partial charge in [-0.3, -0.25) is 0 Å². The molecule has 0 spiro atoms. The second kappa shape index (κ2) is 6.26. The van der Waals surface area contributed by atoms with Gasteiger partial charge in [-0.2, -0.15) is 13.2 Å². The highest BCUT2D eigenvalue weighted by Gasteiger charge is 2.31. The Labute approximate surface area is 119 Å². The van der Waals surface area contributed by atoms with Crippen LogP contribution in [0.25, 0.3) is 0 Å². The lowest BCUT2D eigenvalue weighted by atomic mass is 10.2. The van der Waals surface area contributed by atoms with Crippen LogP contribution in [0.1, 0.15) is 18.9 Å². The van der Waals surface area contributed by atoms with Crippen molar-refractivity contribution in [1.82, 2.24) is 0 Å². The molecule has 19 heavy (non-hydrogen) atoms. The summed E-state index contributed by atoms with van der Waals surface area (Å²) in [6, 6.07) is 3.87. The van der Waals surface area contributed by atoms with Gasteiger partial charge in [0.25, 0.3) is 0 Å². The average molecular weight is 359 g/mol. The first kappa shape index (κ1) is 16.5. The number of halogens is 4. The van der Waals surface area contributed by atoms with Gasteiger partial charge in [0.1, 0.15) is 0 Å². The maximum atomic E-state index is 12.5. The monoisotopic (exact) mass is 358 g/mol. The summed E-state index contributed by atoms with van der Waals surface area (Å²) < 4.78 is 61.7. The van der Waals surface area contributed by atoms with Crippen molar-refractivity contribution >= 4 is 25.8 Å². The van der Waals surface area contributed by atoms with Gasteiger partial charge in [-0.15, -0.1) is 0 Å². The van der Waals surface area contributed by atoms with E-state index in [4.69, 9.17) is 0 Å². The van der Waals surface area contributed by atoms with Gasteiger partial charge in [0.15, 0.2) is 9.84 Å². The van der Waals surface area contributed by atoms with E-state index in [1.165, 1.54) is 6.07 Å². The molecular formula is C12H14BrF3O2S. The Balaban J connectivity index is 3.09. The highest BCUT2D eigenvalue weighted by Crippen LogP contribution is 2.31. The van der Waals surface area contributed by atoms with Crippen molar-refractivity contribution in [1.29, 1.82) is 0 Å². The molecule has 0 heterocycles. The summed E-state index contributed by atoms with van der Waals surface area (Å²) in [5, 5.41) is 0.502. The van der Waals surface area contributed by atoms with Crippen molar-refractivity contribution in [3.8, 4) is 0 Å². The van der Waals surface area contributed by atoms with Crippen LogP contribution in [0.3, 0.4) is 0 Å². The zero-order valence-electron chi connectivity index (χ0n) is 10.2. The molecule has 0 aliphatic carbocycles. The van der Waals surface area contributed by atoms with Crippen molar-refractivity contribution in [3.63, 3.8) is 0 Å². The van der Waals surface area contributed by atoms with Crippen LogP contribution < -0.4 is 0 Å². The first-order valence-electron chi connectivity index (χ1n) is 5.66. The molecule has 2 nitrogen and oxygen atoms in total. The highest BCUT2D eigenvalue weighted by molar-refractivity contribution is 9.09. The van der Waals surface area contributed by atoms with Crippen molar-refractivity contribution in [2.75, 3.05) is 11.1 Å². The summed E-state index contributed by atoms with van der Waals surface area (Å²) in [7, 11) is -3.70. The molecule has 0 aliphatic rings. The third kappa shape index (κ3) is 4.49. The van der Waals surface area contributed by atoms with E-state index in [-0.39, 0.29) is 16.6 Å². The molecule has 0 aromatic heterocycles. The van der Waals surface area contributed by atoms with E-state index < -0.39 is 21.6 Å². The predicted octanol–water partition coefficient (Wildman–Crippen LogP) is 3.90. The molecule has 1 aromatic rings. The fraction of sp³-hybridized carbons (Fsp3) is 0.500. The Morgan fingerprint density at radius 3 is 2.42 bits per heavy atom. The molecule has 108 valence electrons. The standard InChI is InChI=1S/C12H14BrF3O2S/c1-2-9(7-13)8-19(17,18)11-5-3-4-10(6-11)12(14,15)16/h3-6,9H,2,7-8H2,1H3. The molecule has 0 amide bonds. The lowest BCUT2D eigenvalue weighted by Crippen LogP contribution is -2.17. The molecule has 7 heteroatoms. The summed E-state index contributed by atoms with van der Waals surface area (Å²) in [6.07, 6.45) is -3.89. The van der Waals surface area contributed by atoms with Gasteiger partial charge in [-0.1, -0.05) is 35.3 Å². The van der Waals surface area contributed by atoms with Crippen LogP contribution in [0.4, 0.5) is 13.2 Å². The highest BCUT2D eigenvalue weighted by atomic mass is 79.9. The van der Waals surface area contributed by atoms with Crippen molar-refractivity contribution in [2.24, 2.45) is 5.92 Å². The van der Waals surface area contributed by atoms with E-state index >= 15 is 0 Å². The van der Waals surface area contributed by atoms with E-state index in [0.717, 1.165) is 12.1 Å². The number of alkyl halides is 4. The summed E-state index contributed by atoms with van der Waals surface area (Å²) in [6.45, 7) is 1.84. The lowest BCUT2D eigenvalue weighted by molar-refractivity contribution is -0.137. The largest absolute Gasteiger partial charge is 0.416 e. The smallest absolute Gasteiger partial charge is 0.224 e. The third-order valence-corrected chi connectivity index (χ3v) is 5.57. The van der Waals surface area contributed by atoms with Crippen LogP contribution in [0.5, 0.6) is 0 Å². The Hall–Kier alpha value is -0.560. The third-order valence-electron chi connectivity index (χ3n) is 2.77. The number of benzene rings is 1. The van der Waals surface area contributed by atoms with Crippen LogP contribution in [-0.2, 0) is 16.0 Å². The minimum atomic E-state index is -4.54. The van der Waals surface area contributed by atoms with Crippen molar-refractivity contribution in [2.45, 2.75) is 24.4 Å². The Morgan fingerprint density at radius 1 is 1.32 bits per heavy atom. The summed E-state index contributed by atoms with van der Waals surface area (Å²) in [5.41, 5.74) is -0.944. The molecule has 0 aliphatic heterocycles. The first-order valence-corrected chi connectivity index (χ1v) is 8.44. The maximum Gasteiger partial charge on any atom is 0.416 e. The average Bonchev–Trinajstić information content (AvgIpc) is 2.35. The summed E-state index contributed by atoms with van der Waals surface area (Å²) in [5.74, 6) is -0.268. The van der Waals surface area contributed by atoms with Gasteiger partial charge < -0.3 is 0 Å². The minimum absolute atomic E-state index is 0.112. The normalized spacial score (nSPS) is 14.4. The fourth-order valence-electron chi connectivity index (χ4n) is 1.54. The second-order valence-corrected chi connectivity index (χ2v) is 6.92. The molecule has 1 atom stereocenters. The molecule has 0 saturated carbocycles. The van der Waals surface area contributed by atoms with E-state index in [2.05, 4.69) is 15.9 Å². The van der Waals surface area contributed by atoms with Gasteiger partial charge in [-0.25, -0.2) is 8.42 Å². The Bertz CT molecular complexity index is 522. The Morgan fingerprint density at radius 2 is 1.95 bits per heavy atom. The topological polar surface area (TPSA) is 34.1 Å². The quantitative estimate of drug-likeness (QED) is 0.748. The molecule has 1 rings (SSSR count). The van der Waals surface area contributed by atoms with Crippen LogP contribution in [-0.4, -0.2) is 19.5 Å². The van der Waals surface area contributed by atoms with E-state index in [1.807, 2.05) is 6.92 Å². The van der Waals surface area contributed by atoms with Crippen LogP contribution in [0.15, 0.2) is 29.2 Å². The summed E-state index contributed by atoms with van der Waals surface area (Å²) >= 11 is 3.20. The van der Waals surface area contributed by atoms with Gasteiger partial charge in [-0.05, 0) is 24.1 Å². The molecule has 0 fully saturated rings. The lowest BCUT2D eigenvalue weighted by Gasteiger charge is -2.13. The predicted molar refractivity (Wildman–Crippen MR) is 71.1 cm³/mol. The van der Waals surface area contributed by atoms with Crippen molar-refractivity contribution in [3.05, 3.63) is 29.8 Å². The number of rotatable bonds is 5. The zero-order chi connectivity index (χ0) is 14.7. The van der Waals surface area contributed by atoms with E-state index in [1.54, 1.807) is 0 Å². The molecule has 0 N–H and O–H groups in total. The molecular weight excluding hydrogens is 345 g/mol. The minimum Gasteiger partial charge on any atom is -0.224 e. The SMILES string of the molecule is CCC(CBr)CS(=O)(=O)c1cccc(C(F)(F)F)c1. The molecule has 1 aromatic carbocycles. The molecule has 0 radical (unpaired) electrons. The molecule has 1 unspecified atom stereocenters. The van der Waals surface area contributed by atoms with Gasteiger partial charge in [0.05, 0.1) is 16.2 Å². The fourth-order valence-corrected chi connectivity index (χ4v) is 4.29.